The first-order valence-corrected chi connectivity index (χ1v) is 19.3. The number of methoxy groups -OCH3 is 4. The number of hydrogen-bond donors (Lipinski definition) is 6. The number of carbonyl (C=O) groups excluding carboxylic acids is 1. The molecule has 0 radical (unpaired) electrons. The number of hydrogen-bond acceptors (Lipinski definition) is 14. The van der Waals surface area contributed by atoms with Crippen LogP contribution in [0.5, 0.6) is 23.0 Å². The van der Waals surface area contributed by atoms with E-state index in [1.54, 1.807) is 46.3 Å². The lowest BCUT2D eigenvalue weighted by Gasteiger charge is -2.22. The van der Waals surface area contributed by atoms with Crippen LogP contribution in [0.4, 0.5) is 24.9 Å². The summed E-state index contributed by atoms with van der Waals surface area (Å²) in [7, 11) is 6.40. The molecule has 330 valence electrons. The van der Waals surface area contributed by atoms with E-state index in [-0.39, 0.29) is 24.7 Å². The molecule has 0 bridgehead atoms. The number of carboxylic acids is 1. The number of carboxylic acid groups (broad SMARTS) is 1. The summed E-state index contributed by atoms with van der Waals surface area (Å²) in [4.78, 5) is 40.0. The zero-order valence-electron chi connectivity index (χ0n) is 34.4. The molecule has 0 spiro atoms. The number of fused-ring (bicyclic) bond motifs is 1. The van der Waals surface area contributed by atoms with Crippen molar-refractivity contribution in [2.45, 2.75) is 76.0 Å². The Kier molecular flexibility index (Phi) is 15.2. The highest BCUT2D eigenvalue weighted by Gasteiger charge is 2.44. The maximum Gasteiger partial charge on any atom is 0.490 e. The maximum absolute atomic E-state index is 12.2. The minimum absolute atomic E-state index is 0.204. The summed E-state index contributed by atoms with van der Waals surface area (Å²) < 4.78 is 57.9. The van der Waals surface area contributed by atoms with Crippen LogP contribution < -0.4 is 34.9 Å². The van der Waals surface area contributed by atoms with E-state index in [0.29, 0.717) is 65.4 Å². The Bertz CT molecular complexity index is 2210. The average molecular weight is 858 g/mol. The van der Waals surface area contributed by atoms with E-state index in [0.717, 1.165) is 23.4 Å². The highest BCUT2D eigenvalue weighted by molar-refractivity contribution is 5.84. The lowest BCUT2D eigenvalue weighted by Crippen LogP contribution is -2.42. The maximum atomic E-state index is 12.2. The Morgan fingerprint density at radius 2 is 1.48 bits per heavy atom. The first-order chi connectivity index (χ1) is 29.1. The molecule has 5 aromatic rings. The lowest BCUT2D eigenvalue weighted by molar-refractivity contribution is -0.192. The second kappa shape index (κ2) is 20.3. The van der Waals surface area contributed by atoms with E-state index in [1.807, 2.05) is 53.5 Å². The number of aliphatic hydroxyl groups is 2. The van der Waals surface area contributed by atoms with E-state index in [2.05, 4.69) is 27.9 Å². The van der Waals surface area contributed by atoms with Gasteiger partial charge in [-0.3, -0.25) is 4.79 Å². The standard InChI is InChI=1S/C38H49N9O7.C2HF3O2/c1-7-32(48)43-26-17-27(35(50)34(26)49)47-21-42-33-36(44-38(45-37(33)47)39-14-13-24-19-46(8-2)20-41-24)40-18-25(22-9-11-28(51-3)30(15-22)53-5)23-10-12-29(52-4)31(16-23)54-6;3-2(4,5)1(6)7/h9-12,15-16,19-21,25-27,34-35,49-50H,7-8,13-14,17-18H2,1-6H3,(H,43,48)(H2,39,40,44,45);(H,6,7)/t26-,27+,34+,35-;/m0./s1. The molecule has 21 heteroatoms. The van der Waals surface area contributed by atoms with Crippen molar-refractivity contribution in [3.05, 3.63) is 72.1 Å². The Morgan fingerprint density at radius 3 is 2.00 bits per heavy atom. The van der Waals surface area contributed by atoms with Gasteiger partial charge in [0.25, 0.3) is 0 Å². The summed E-state index contributed by atoms with van der Waals surface area (Å²) in [6, 6.07) is 10.4. The largest absolute Gasteiger partial charge is 0.493 e. The lowest BCUT2D eigenvalue weighted by atomic mass is 9.90. The minimum Gasteiger partial charge on any atom is -0.493 e. The second-order valence-corrected chi connectivity index (χ2v) is 13.9. The van der Waals surface area contributed by atoms with Gasteiger partial charge in [0.2, 0.25) is 11.9 Å². The molecule has 3 aromatic heterocycles. The van der Waals surface area contributed by atoms with Gasteiger partial charge < -0.3 is 59.4 Å². The number of amides is 1. The van der Waals surface area contributed by atoms with Crippen molar-refractivity contribution in [1.29, 1.82) is 0 Å². The smallest absolute Gasteiger partial charge is 0.490 e. The molecule has 0 aliphatic heterocycles. The fourth-order valence-corrected chi connectivity index (χ4v) is 6.87. The fraction of sp³-hybridized carbons (Fsp3) is 0.450. The van der Waals surface area contributed by atoms with Gasteiger partial charge in [-0.1, -0.05) is 19.1 Å². The summed E-state index contributed by atoms with van der Waals surface area (Å²) in [5.41, 5.74) is 3.75. The number of aryl methyl sites for hydroxylation is 1. The Hall–Kier alpha value is -6.35. The van der Waals surface area contributed by atoms with Gasteiger partial charge >= 0.3 is 12.1 Å². The van der Waals surface area contributed by atoms with Crippen molar-refractivity contribution in [1.82, 2.24) is 34.4 Å². The number of aliphatic carboxylic acids is 1. The molecule has 0 saturated heterocycles. The molecule has 6 N–H and O–H groups in total. The number of aromatic nitrogens is 6. The Labute approximate surface area is 349 Å². The third kappa shape index (κ3) is 10.9. The molecule has 1 saturated carbocycles. The monoisotopic (exact) mass is 857 g/mol. The van der Waals surface area contributed by atoms with Gasteiger partial charge in [-0.25, -0.2) is 14.8 Å². The molecular formula is C40H50F3N9O9. The molecule has 1 aliphatic rings. The molecule has 6 rings (SSSR count). The molecule has 0 unspecified atom stereocenters. The Balaban J connectivity index is 0.000000925. The topological polar surface area (TPSA) is 229 Å². The predicted molar refractivity (Wildman–Crippen MR) is 216 cm³/mol. The number of imidazole rings is 2. The van der Waals surface area contributed by atoms with Gasteiger partial charge in [0.15, 0.2) is 40.0 Å². The van der Waals surface area contributed by atoms with Crippen LogP contribution in [0.2, 0.25) is 0 Å². The van der Waals surface area contributed by atoms with Gasteiger partial charge in [0.05, 0.1) is 58.9 Å². The summed E-state index contributed by atoms with van der Waals surface area (Å²) >= 11 is 0. The molecule has 61 heavy (non-hydrogen) atoms. The molecule has 18 nitrogen and oxygen atoms in total. The number of carbonyl (C=O) groups is 2. The number of benzene rings is 2. The van der Waals surface area contributed by atoms with E-state index in [9.17, 15) is 28.2 Å². The van der Waals surface area contributed by atoms with Crippen LogP contribution in [0.1, 0.15) is 55.5 Å². The van der Waals surface area contributed by atoms with Crippen molar-refractivity contribution >= 4 is 34.8 Å². The zero-order valence-corrected chi connectivity index (χ0v) is 34.4. The third-order valence-electron chi connectivity index (χ3n) is 10.2. The van der Waals surface area contributed by atoms with Crippen LogP contribution in [-0.4, -0.2) is 122 Å². The predicted octanol–water partition coefficient (Wildman–Crippen LogP) is 4.17. The zero-order chi connectivity index (χ0) is 44.4. The average Bonchev–Trinajstić information content (AvgIpc) is 3.97. The second-order valence-electron chi connectivity index (χ2n) is 13.9. The number of rotatable bonds is 17. The molecule has 4 atom stereocenters. The first kappa shape index (κ1) is 45.7. The fourth-order valence-electron chi connectivity index (χ4n) is 6.87. The number of aliphatic hydroxyl groups excluding tert-OH is 2. The van der Waals surface area contributed by atoms with Crippen LogP contribution in [0, 0.1) is 0 Å². The highest BCUT2D eigenvalue weighted by Crippen LogP contribution is 2.38. The van der Waals surface area contributed by atoms with E-state index < -0.39 is 36.4 Å². The summed E-state index contributed by atoms with van der Waals surface area (Å²) in [5, 5.41) is 38.9. The van der Waals surface area contributed by atoms with Crippen molar-refractivity contribution in [2.75, 3.05) is 52.2 Å². The number of anilines is 2. The van der Waals surface area contributed by atoms with Gasteiger partial charge in [-0.15, -0.1) is 0 Å². The molecule has 3 heterocycles. The van der Waals surface area contributed by atoms with E-state index >= 15 is 0 Å². The van der Waals surface area contributed by atoms with Crippen molar-refractivity contribution in [3.8, 4) is 23.0 Å². The van der Waals surface area contributed by atoms with Crippen LogP contribution in [0.15, 0.2) is 55.2 Å². The SMILES string of the molecule is CCC(=O)N[C@H]1C[C@@H](n2cnc3c(NCC(c4ccc(OC)c(OC)c4)c4ccc(OC)c(OC)c4)nc(NCCc4cn(CC)cn4)nc32)[C@H](O)[C@@H]1O.O=C(O)C(F)(F)F. The molecule has 2 aromatic carbocycles. The number of alkyl halides is 3. The van der Waals surface area contributed by atoms with Crippen molar-refractivity contribution in [3.63, 3.8) is 0 Å². The molecular weight excluding hydrogens is 807 g/mol. The minimum atomic E-state index is -5.08. The number of ether oxygens (including phenoxy) is 4. The van der Waals surface area contributed by atoms with Crippen molar-refractivity contribution in [2.24, 2.45) is 0 Å². The third-order valence-corrected chi connectivity index (χ3v) is 10.2. The first-order valence-electron chi connectivity index (χ1n) is 19.3. The van der Waals surface area contributed by atoms with Gasteiger partial charge in [0.1, 0.15) is 12.2 Å². The van der Waals surface area contributed by atoms with Gasteiger partial charge in [-0.05, 0) is 48.7 Å². The summed E-state index contributed by atoms with van der Waals surface area (Å²) in [5.74, 6) is 0.00128. The molecule has 1 aliphatic carbocycles. The van der Waals surface area contributed by atoms with Gasteiger partial charge in [-0.2, -0.15) is 23.1 Å². The van der Waals surface area contributed by atoms with Crippen LogP contribution >= 0.6 is 0 Å². The van der Waals surface area contributed by atoms with E-state index in [1.165, 1.54) is 0 Å². The molecule has 1 amide bonds. The van der Waals surface area contributed by atoms with E-state index in [4.69, 9.17) is 43.8 Å². The van der Waals surface area contributed by atoms with Crippen LogP contribution in [0.3, 0.4) is 0 Å². The molecule has 1 fully saturated rings. The van der Waals surface area contributed by atoms with Crippen molar-refractivity contribution < 1.29 is 57.0 Å². The van der Waals surface area contributed by atoms with Crippen LogP contribution in [0.25, 0.3) is 11.2 Å². The highest BCUT2D eigenvalue weighted by atomic mass is 19.4. The number of nitrogens with zero attached hydrogens (tertiary/aromatic N) is 6. The summed E-state index contributed by atoms with van der Waals surface area (Å²) in [6.07, 6.45) is -0.802. The Morgan fingerprint density at radius 1 is 0.869 bits per heavy atom. The number of nitrogens with one attached hydrogen (secondary N) is 3. The normalized spacial score (nSPS) is 17.4. The number of halogens is 3. The quantitative estimate of drug-likeness (QED) is 0.0771. The van der Waals surface area contributed by atoms with Crippen LogP contribution in [-0.2, 0) is 22.6 Å². The summed E-state index contributed by atoms with van der Waals surface area (Å²) in [6.45, 7) is 5.51. The van der Waals surface area contributed by atoms with Gasteiger partial charge in [0, 0.05) is 44.6 Å².